The van der Waals surface area contributed by atoms with Crippen LogP contribution in [0.4, 0.5) is 16.2 Å². The molecule has 2 rings (SSSR count). The lowest BCUT2D eigenvalue weighted by atomic mass is 10.3. The molecule has 1 unspecified atom stereocenters. The van der Waals surface area contributed by atoms with E-state index in [1.807, 2.05) is 30.3 Å². The Morgan fingerprint density at radius 2 is 1.96 bits per heavy atom. The molecule has 0 aromatic heterocycles. The maximum atomic E-state index is 12.4. The molecule has 0 aliphatic carbocycles. The summed E-state index contributed by atoms with van der Waals surface area (Å²) in [5.74, 6) is 1.07. The van der Waals surface area contributed by atoms with Crippen molar-refractivity contribution in [2.24, 2.45) is 0 Å². The number of ether oxygens (including phenoxy) is 2. The number of methoxy groups -OCH3 is 1. The van der Waals surface area contributed by atoms with E-state index in [0.717, 1.165) is 5.75 Å². The van der Waals surface area contributed by atoms with Gasteiger partial charge < -0.3 is 20.5 Å². The molecule has 4 N–H and O–H groups in total. The molecule has 0 saturated carbocycles. The Morgan fingerprint density at radius 3 is 2.62 bits per heavy atom. The van der Waals surface area contributed by atoms with Crippen LogP contribution in [0.25, 0.3) is 0 Å². The minimum absolute atomic E-state index is 0.0497. The number of amides is 1. The van der Waals surface area contributed by atoms with Crippen LogP contribution in [0.2, 0.25) is 0 Å². The number of hydrogen-bond donors (Lipinski definition) is 3. The number of carbonyl (C=O) groups excluding carboxylic acids is 1. The smallest absolute Gasteiger partial charge is 0.413 e. The summed E-state index contributed by atoms with van der Waals surface area (Å²) in [5.41, 5.74) is 6.81. The van der Waals surface area contributed by atoms with Crippen LogP contribution in [0, 0.1) is 0 Å². The monoisotopic (exact) mass is 393 g/mol. The normalized spacial score (nSPS) is 11.3. The van der Waals surface area contributed by atoms with E-state index in [0.29, 0.717) is 28.6 Å². The van der Waals surface area contributed by atoms with Crippen molar-refractivity contribution in [1.82, 2.24) is 5.32 Å². The second-order valence-electron chi connectivity index (χ2n) is 5.03. The van der Waals surface area contributed by atoms with Gasteiger partial charge in [-0.2, -0.15) is 0 Å². The Bertz CT molecular complexity index is 800. The van der Waals surface area contributed by atoms with Crippen LogP contribution in [0.3, 0.4) is 0 Å². The van der Waals surface area contributed by atoms with Gasteiger partial charge in [-0.15, -0.1) is 0 Å². The fourth-order valence-corrected chi connectivity index (χ4v) is 3.11. The molecule has 0 spiro atoms. The third-order valence-corrected chi connectivity index (χ3v) is 4.74. The molecule has 0 saturated heterocycles. The second kappa shape index (κ2) is 9.73. The highest BCUT2D eigenvalue weighted by atomic mass is 32.2. The molecule has 0 bridgehead atoms. The summed E-state index contributed by atoms with van der Waals surface area (Å²) in [6.07, 6.45) is -0.683. The largest absolute Gasteiger partial charge is 0.493 e. The van der Waals surface area contributed by atoms with Gasteiger partial charge in [0.05, 0.1) is 35.0 Å². The third-order valence-electron chi connectivity index (χ3n) is 3.22. The minimum atomic E-state index is -1.25. The Morgan fingerprint density at radius 1 is 1.23 bits per heavy atom. The molecular formula is C17H19N3O4S2. The van der Waals surface area contributed by atoms with Crippen molar-refractivity contribution in [3.8, 4) is 5.75 Å². The van der Waals surface area contributed by atoms with Crippen molar-refractivity contribution in [3.05, 3.63) is 48.5 Å². The van der Waals surface area contributed by atoms with E-state index in [4.69, 9.17) is 22.7 Å². The number of nitrogens with one attached hydrogen (secondary N) is 2. The van der Waals surface area contributed by atoms with E-state index in [2.05, 4.69) is 15.4 Å². The first-order chi connectivity index (χ1) is 12.5. The number of anilines is 2. The molecule has 1 amide bonds. The molecule has 2 aromatic carbocycles. The van der Waals surface area contributed by atoms with Gasteiger partial charge in [-0.3, -0.25) is 9.53 Å². The van der Waals surface area contributed by atoms with Crippen LogP contribution in [0.5, 0.6) is 5.75 Å². The van der Waals surface area contributed by atoms with Crippen molar-refractivity contribution >= 4 is 45.6 Å². The molecule has 0 aliphatic heterocycles. The molecule has 0 radical (unpaired) electrons. The van der Waals surface area contributed by atoms with E-state index in [9.17, 15) is 9.00 Å². The van der Waals surface area contributed by atoms with Crippen molar-refractivity contribution in [2.75, 3.05) is 30.5 Å². The summed E-state index contributed by atoms with van der Waals surface area (Å²) < 4.78 is 22.4. The average molecular weight is 393 g/mol. The van der Waals surface area contributed by atoms with Crippen LogP contribution in [-0.4, -0.2) is 34.9 Å². The van der Waals surface area contributed by atoms with E-state index < -0.39 is 16.9 Å². The van der Waals surface area contributed by atoms with E-state index in [1.54, 1.807) is 18.2 Å². The quantitative estimate of drug-likeness (QED) is 0.512. The first kappa shape index (κ1) is 19.7. The number of carbonyl (C=O) groups is 1. The fourth-order valence-electron chi connectivity index (χ4n) is 1.96. The van der Waals surface area contributed by atoms with Gasteiger partial charge in [-0.1, -0.05) is 18.2 Å². The predicted octanol–water partition coefficient (Wildman–Crippen LogP) is 2.51. The van der Waals surface area contributed by atoms with Gasteiger partial charge in [0.15, 0.2) is 5.11 Å². The Kier molecular flexibility index (Phi) is 7.37. The summed E-state index contributed by atoms with van der Waals surface area (Å²) in [5, 5.41) is 5.14. The molecule has 9 heteroatoms. The van der Waals surface area contributed by atoms with E-state index in [-0.39, 0.29) is 5.11 Å². The third kappa shape index (κ3) is 6.01. The maximum Gasteiger partial charge on any atom is 0.413 e. The molecule has 138 valence electrons. The van der Waals surface area contributed by atoms with Gasteiger partial charge in [0.25, 0.3) is 0 Å². The zero-order valence-electron chi connectivity index (χ0n) is 14.1. The van der Waals surface area contributed by atoms with Gasteiger partial charge in [-0.05, 0) is 42.5 Å². The maximum absolute atomic E-state index is 12.4. The number of benzene rings is 2. The summed E-state index contributed by atoms with van der Waals surface area (Å²) >= 11 is 4.97. The number of nitrogen functional groups attached to an aromatic ring is 1. The Labute approximate surface area is 159 Å². The van der Waals surface area contributed by atoms with Gasteiger partial charge in [0.1, 0.15) is 12.4 Å². The number of alkyl carbamates (subject to hydrolysis) is 1. The van der Waals surface area contributed by atoms with Crippen molar-refractivity contribution in [1.29, 1.82) is 0 Å². The summed E-state index contributed by atoms with van der Waals surface area (Å²) in [6.45, 7) is 0.323. The van der Waals surface area contributed by atoms with Crippen molar-refractivity contribution < 1.29 is 18.5 Å². The molecule has 7 nitrogen and oxygen atoms in total. The molecular weight excluding hydrogens is 374 g/mol. The summed E-state index contributed by atoms with van der Waals surface area (Å²) in [6, 6.07) is 14.2. The minimum Gasteiger partial charge on any atom is -0.493 e. The van der Waals surface area contributed by atoms with Gasteiger partial charge >= 0.3 is 6.09 Å². The van der Waals surface area contributed by atoms with E-state index >= 15 is 0 Å². The molecule has 0 fully saturated rings. The highest BCUT2D eigenvalue weighted by molar-refractivity contribution is 7.85. The summed E-state index contributed by atoms with van der Waals surface area (Å²) in [7, 11) is -0.0201. The lowest BCUT2D eigenvalue weighted by Gasteiger charge is -2.12. The first-order valence-electron chi connectivity index (χ1n) is 7.61. The number of nitrogens with two attached hydrogens (primary N) is 1. The van der Waals surface area contributed by atoms with Gasteiger partial charge in [-0.25, -0.2) is 4.79 Å². The lowest BCUT2D eigenvalue weighted by molar-refractivity contribution is 0.177. The molecule has 2 aromatic rings. The molecule has 0 heterocycles. The van der Waals surface area contributed by atoms with Crippen LogP contribution >= 0.6 is 12.2 Å². The van der Waals surface area contributed by atoms with Crippen LogP contribution in [0.1, 0.15) is 0 Å². The zero-order chi connectivity index (χ0) is 18.9. The Balaban J connectivity index is 1.90. The van der Waals surface area contributed by atoms with Crippen molar-refractivity contribution in [2.45, 2.75) is 4.90 Å². The van der Waals surface area contributed by atoms with Crippen LogP contribution in [-0.2, 0) is 15.5 Å². The van der Waals surface area contributed by atoms with Crippen LogP contribution < -0.4 is 21.1 Å². The first-order valence-corrected chi connectivity index (χ1v) is 9.34. The number of hydrogen-bond acceptors (Lipinski definition) is 6. The second-order valence-corrected chi connectivity index (χ2v) is 7.01. The number of thiocarbonyl (C=S) groups is 1. The SMILES string of the molecule is COC(=O)NC(=S)Nc1ccc(S(=O)CCOc2ccccc2)cc1N. The highest BCUT2D eigenvalue weighted by Crippen LogP contribution is 2.22. The fraction of sp³-hybridized carbons (Fsp3) is 0.176. The molecule has 1 atom stereocenters. The Hall–Kier alpha value is -2.65. The topological polar surface area (TPSA) is 103 Å². The van der Waals surface area contributed by atoms with E-state index in [1.165, 1.54) is 7.11 Å². The number of para-hydroxylation sites is 1. The average Bonchev–Trinajstić information content (AvgIpc) is 2.64. The highest BCUT2D eigenvalue weighted by Gasteiger charge is 2.10. The number of rotatable bonds is 6. The molecule has 26 heavy (non-hydrogen) atoms. The standard InChI is InChI=1S/C17H19N3O4S2/c1-23-17(21)20-16(25)19-15-8-7-13(11-14(15)18)26(22)10-9-24-12-5-3-2-4-6-12/h2-8,11H,9-10,18H2,1H3,(H2,19,20,21,25). The lowest BCUT2D eigenvalue weighted by Crippen LogP contribution is -2.34. The summed E-state index contributed by atoms with van der Waals surface area (Å²) in [4.78, 5) is 11.7. The van der Waals surface area contributed by atoms with Crippen LogP contribution in [0.15, 0.2) is 53.4 Å². The van der Waals surface area contributed by atoms with Crippen molar-refractivity contribution in [3.63, 3.8) is 0 Å². The molecule has 0 aliphatic rings. The predicted molar refractivity (Wildman–Crippen MR) is 106 cm³/mol. The zero-order valence-corrected chi connectivity index (χ0v) is 15.7. The van der Waals surface area contributed by atoms with Gasteiger partial charge in [0.2, 0.25) is 0 Å². The van der Waals surface area contributed by atoms with Gasteiger partial charge in [0, 0.05) is 4.90 Å².